The fourth-order valence-electron chi connectivity index (χ4n) is 3.87. The molecule has 0 aromatic heterocycles. The molecule has 0 spiro atoms. The van der Waals surface area contributed by atoms with Crippen molar-refractivity contribution in [1.29, 1.82) is 0 Å². The van der Waals surface area contributed by atoms with Crippen molar-refractivity contribution in [3.8, 4) is 0 Å². The van der Waals surface area contributed by atoms with Crippen molar-refractivity contribution in [2.75, 3.05) is 13.1 Å². The van der Waals surface area contributed by atoms with Crippen molar-refractivity contribution in [2.24, 2.45) is 0 Å². The number of carbonyl (C=O) groups is 1. The Morgan fingerprint density at radius 2 is 1.43 bits per heavy atom. The van der Waals surface area contributed by atoms with Gasteiger partial charge >= 0.3 is 0 Å². The van der Waals surface area contributed by atoms with Crippen LogP contribution in [0.15, 0.2) is 54.6 Å². The maximum absolute atomic E-state index is 12.5. The molecule has 0 radical (unpaired) electrons. The molecule has 2 nitrogen and oxygen atoms in total. The molecule has 2 heteroatoms. The Morgan fingerprint density at radius 1 is 0.905 bits per heavy atom. The summed E-state index contributed by atoms with van der Waals surface area (Å²) in [5.74, 6) is 0.574. The van der Waals surface area contributed by atoms with Crippen LogP contribution in [0.2, 0.25) is 0 Å². The van der Waals surface area contributed by atoms with E-state index in [0.29, 0.717) is 11.8 Å². The van der Waals surface area contributed by atoms with E-state index in [1.54, 1.807) is 0 Å². The standard InChI is InChI=1S/C19H19NO/c1-13(14-7-3-2-4-8-14)20-11-17-15-9-5-6-10-16(15)18(12-20)19(17)21/h2-10,13,17-18H,11-12H2,1H3/t13-,17?,18?/m1/s1. The molecule has 0 amide bonds. The van der Waals surface area contributed by atoms with Gasteiger partial charge in [-0.05, 0) is 23.6 Å². The molecule has 1 heterocycles. The normalized spacial score (nSPS) is 25.7. The van der Waals surface area contributed by atoms with E-state index in [-0.39, 0.29) is 11.8 Å². The molecule has 2 aromatic rings. The van der Waals surface area contributed by atoms with E-state index in [2.05, 4.69) is 66.4 Å². The topological polar surface area (TPSA) is 20.3 Å². The Kier molecular flexibility index (Phi) is 2.93. The minimum atomic E-state index is 0.0751. The van der Waals surface area contributed by atoms with E-state index in [1.165, 1.54) is 16.7 Å². The molecule has 1 aliphatic heterocycles. The van der Waals surface area contributed by atoms with Crippen LogP contribution in [0.3, 0.4) is 0 Å². The fourth-order valence-corrected chi connectivity index (χ4v) is 3.87. The molecule has 2 aliphatic rings. The van der Waals surface area contributed by atoms with Gasteiger partial charge < -0.3 is 0 Å². The van der Waals surface area contributed by atoms with Gasteiger partial charge in [-0.25, -0.2) is 0 Å². The Bertz CT molecular complexity index is 644. The molecular formula is C19H19NO. The maximum Gasteiger partial charge on any atom is 0.150 e. The van der Waals surface area contributed by atoms with E-state index in [1.807, 2.05) is 0 Å². The molecule has 106 valence electrons. The van der Waals surface area contributed by atoms with Gasteiger partial charge in [0.15, 0.2) is 0 Å². The molecule has 1 saturated heterocycles. The summed E-state index contributed by atoms with van der Waals surface area (Å²) < 4.78 is 0. The number of likely N-dealkylation sites (tertiary alicyclic amines) is 1. The third kappa shape index (κ3) is 1.94. The summed E-state index contributed by atoms with van der Waals surface area (Å²) in [6, 6.07) is 19.3. The molecule has 2 unspecified atom stereocenters. The van der Waals surface area contributed by atoms with Crippen molar-refractivity contribution in [2.45, 2.75) is 24.8 Å². The van der Waals surface area contributed by atoms with Crippen LogP contribution >= 0.6 is 0 Å². The first-order chi connectivity index (χ1) is 10.3. The van der Waals surface area contributed by atoms with Gasteiger partial charge in [0.05, 0.1) is 11.8 Å². The summed E-state index contributed by atoms with van der Waals surface area (Å²) in [7, 11) is 0. The van der Waals surface area contributed by atoms with Gasteiger partial charge in [0.25, 0.3) is 0 Å². The molecule has 1 fully saturated rings. The Morgan fingerprint density at radius 3 is 2.00 bits per heavy atom. The summed E-state index contributed by atoms with van der Waals surface area (Å²) >= 11 is 0. The zero-order valence-electron chi connectivity index (χ0n) is 12.2. The molecular weight excluding hydrogens is 258 g/mol. The SMILES string of the molecule is C[C@H](c1ccccc1)N1CC2C(=O)C(C1)c1ccccc12. The maximum atomic E-state index is 12.5. The van der Waals surface area contributed by atoms with Gasteiger partial charge in [0.1, 0.15) is 5.78 Å². The highest BCUT2D eigenvalue weighted by molar-refractivity contribution is 5.97. The number of nitrogens with zero attached hydrogens (tertiary/aromatic N) is 1. The molecule has 1 aliphatic carbocycles. The zero-order chi connectivity index (χ0) is 14.4. The van der Waals surface area contributed by atoms with Crippen LogP contribution in [-0.2, 0) is 4.79 Å². The second-order valence-corrected chi connectivity index (χ2v) is 6.18. The summed E-state index contributed by atoms with van der Waals surface area (Å²) in [6.07, 6.45) is 0. The first-order valence-electron chi connectivity index (χ1n) is 7.67. The number of fused-ring (bicyclic) bond motifs is 5. The van der Waals surface area contributed by atoms with Crippen LogP contribution < -0.4 is 0 Å². The number of rotatable bonds is 2. The second kappa shape index (κ2) is 4.81. The summed E-state index contributed by atoms with van der Waals surface area (Å²) in [6.45, 7) is 3.94. The van der Waals surface area contributed by atoms with Crippen LogP contribution in [0.4, 0.5) is 0 Å². The molecule has 2 bridgehead atoms. The largest absolute Gasteiger partial charge is 0.298 e. The number of hydrogen-bond acceptors (Lipinski definition) is 2. The van der Waals surface area contributed by atoms with Gasteiger partial charge in [-0.2, -0.15) is 0 Å². The Labute approximate surface area is 125 Å². The molecule has 21 heavy (non-hydrogen) atoms. The van der Waals surface area contributed by atoms with Gasteiger partial charge in [-0.15, -0.1) is 0 Å². The highest BCUT2D eigenvalue weighted by Crippen LogP contribution is 2.44. The number of benzene rings is 2. The Hall–Kier alpha value is -1.93. The first-order valence-corrected chi connectivity index (χ1v) is 7.67. The minimum absolute atomic E-state index is 0.0751. The molecule has 3 atom stereocenters. The smallest absolute Gasteiger partial charge is 0.150 e. The van der Waals surface area contributed by atoms with Crippen molar-refractivity contribution in [3.63, 3.8) is 0 Å². The summed E-state index contributed by atoms with van der Waals surface area (Å²) in [4.78, 5) is 15.0. The average Bonchev–Trinajstić information content (AvgIpc) is 2.71. The number of Topliss-reactive ketones (excluding diaryl/α,β-unsaturated/α-hetero) is 1. The highest BCUT2D eigenvalue weighted by Gasteiger charge is 2.45. The lowest BCUT2D eigenvalue weighted by Gasteiger charge is -2.36. The van der Waals surface area contributed by atoms with Crippen LogP contribution in [0.5, 0.6) is 0 Å². The number of hydrogen-bond donors (Lipinski definition) is 0. The highest BCUT2D eigenvalue weighted by atomic mass is 16.1. The monoisotopic (exact) mass is 277 g/mol. The summed E-state index contributed by atoms with van der Waals surface area (Å²) in [5, 5.41) is 0. The number of carbonyl (C=O) groups excluding carboxylic acids is 1. The van der Waals surface area contributed by atoms with Crippen LogP contribution in [0, 0.1) is 0 Å². The van der Waals surface area contributed by atoms with Crippen molar-refractivity contribution in [3.05, 3.63) is 71.3 Å². The molecule has 4 rings (SSSR count). The predicted octanol–water partition coefficient (Wildman–Crippen LogP) is 3.51. The van der Waals surface area contributed by atoms with Crippen LogP contribution in [0.1, 0.15) is 41.5 Å². The van der Waals surface area contributed by atoms with Gasteiger partial charge in [-0.1, -0.05) is 54.6 Å². The average molecular weight is 277 g/mol. The van der Waals surface area contributed by atoms with E-state index < -0.39 is 0 Å². The summed E-state index contributed by atoms with van der Waals surface area (Å²) in [5.41, 5.74) is 3.85. The van der Waals surface area contributed by atoms with Gasteiger partial charge in [0.2, 0.25) is 0 Å². The lowest BCUT2D eigenvalue weighted by molar-refractivity contribution is -0.124. The third-order valence-electron chi connectivity index (χ3n) is 5.10. The van der Waals surface area contributed by atoms with E-state index in [4.69, 9.17) is 0 Å². The van der Waals surface area contributed by atoms with Crippen LogP contribution in [0.25, 0.3) is 0 Å². The molecule has 2 aromatic carbocycles. The molecule has 0 N–H and O–H groups in total. The first kappa shape index (κ1) is 12.8. The minimum Gasteiger partial charge on any atom is -0.298 e. The Balaban J connectivity index is 1.65. The van der Waals surface area contributed by atoms with E-state index in [9.17, 15) is 4.79 Å². The van der Waals surface area contributed by atoms with E-state index >= 15 is 0 Å². The molecule has 0 saturated carbocycles. The van der Waals surface area contributed by atoms with Crippen molar-refractivity contribution < 1.29 is 4.79 Å². The lowest BCUT2D eigenvalue weighted by atomic mass is 9.92. The van der Waals surface area contributed by atoms with Gasteiger partial charge in [0, 0.05) is 19.1 Å². The predicted molar refractivity (Wildman–Crippen MR) is 83.4 cm³/mol. The zero-order valence-corrected chi connectivity index (χ0v) is 12.2. The van der Waals surface area contributed by atoms with Crippen LogP contribution in [-0.4, -0.2) is 23.8 Å². The van der Waals surface area contributed by atoms with Gasteiger partial charge in [-0.3, -0.25) is 9.69 Å². The lowest BCUT2D eigenvalue weighted by Crippen LogP contribution is -2.41. The second-order valence-electron chi connectivity index (χ2n) is 6.18. The quantitative estimate of drug-likeness (QED) is 0.837. The fraction of sp³-hybridized carbons (Fsp3) is 0.316. The van der Waals surface area contributed by atoms with Crippen molar-refractivity contribution >= 4 is 5.78 Å². The number of ketones is 1. The van der Waals surface area contributed by atoms with E-state index in [0.717, 1.165) is 13.1 Å². The third-order valence-corrected chi connectivity index (χ3v) is 5.10. The van der Waals surface area contributed by atoms with Crippen molar-refractivity contribution in [1.82, 2.24) is 4.90 Å². The number of piperidine rings is 1.